The van der Waals surface area contributed by atoms with Crippen molar-refractivity contribution < 1.29 is 5.11 Å². The molecule has 0 spiro atoms. The molecule has 0 saturated carbocycles. The van der Waals surface area contributed by atoms with Gasteiger partial charge in [-0.05, 0) is 44.5 Å². The molecule has 0 bridgehead atoms. The maximum absolute atomic E-state index is 10.5. The van der Waals surface area contributed by atoms with E-state index in [-0.39, 0.29) is 6.10 Å². The maximum atomic E-state index is 10.5. The average molecular weight is 311 g/mol. The number of nitrogens with zero attached hydrogens (tertiary/aromatic N) is 2. The highest BCUT2D eigenvalue weighted by molar-refractivity contribution is 5.78. The van der Waals surface area contributed by atoms with Crippen LogP contribution in [0.4, 0.5) is 0 Å². The van der Waals surface area contributed by atoms with Gasteiger partial charge in [-0.1, -0.05) is 24.3 Å². The second-order valence-corrected chi connectivity index (χ2v) is 6.96. The molecule has 0 aliphatic carbocycles. The number of hydrogen-bond acceptors (Lipinski definition) is 4. The molecule has 4 nitrogen and oxygen atoms in total. The third kappa shape index (κ3) is 3.25. The first-order chi connectivity index (χ1) is 11.3. The first-order valence-electron chi connectivity index (χ1n) is 8.77. The van der Waals surface area contributed by atoms with Crippen LogP contribution in [0.5, 0.6) is 0 Å². The minimum Gasteiger partial charge on any atom is -0.391 e. The standard InChI is InChI=1S/C19H25N3O/c23-19-13-22(17-7-9-20-10-8-17)12-15(19)11-16-6-5-14-3-1-2-4-18(14)21-16/h1-6,15,17,19-20,23H,7-13H2/t15-,19-/m1/s1. The largest absolute Gasteiger partial charge is 0.391 e. The van der Waals surface area contributed by atoms with E-state index >= 15 is 0 Å². The van der Waals surface area contributed by atoms with Crippen molar-refractivity contribution in [2.45, 2.75) is 31.4 Å². The van der Waals surface area contributed by atoms with Crippen LogP contribution >= 0.6 is 0 Å². The number of rotatable bonds is 3. The number of nitrogens with one attached hydrogen (secondary N) is 1. The van der Waals surface area contributed by atoms with Crippen LogP contribution < -0.4 is 5.32 Å². The Kier molecular flexibility index (Phi) is 4.29. The van der Waals surface area contributed by atoms with Gasteiger partial charge in [0, 0.05) is 36.1 Å². The number of likely N-dealkylation sites (tertiary alicyclic amines) is 1. The number of fused-ring (bicyclic) bond motifs is 1. The zero-order chi connectivity index (χ0) is 15.6. The van der Waals surface area contributed by atoms with E-state index in [1.165, 1.54) is 18.2 Å². The summed E-state index contributed by atoms with van der Waals surface area (Å²) in [6.07, 6.45) is 3.05. The van der Waals surface area contributed by atoms with Crippen molar-refractivity contribution in [1.29, 1.82) is 0 Å². The third-order valence-corrected chi connectivity index (χ3v) is 5.39. The molecule has 0 amide bonds. The first kappa shape index (κ1) is 15.1. The predicted octanol–water partition coefficient (Wildman–Crippen LogP) is 1.82. The smallest absolute Gasteiger partial charge is 0.0711 e. The summed E-state index contributed by atoms with van der Waals surface area (Å²) in [4.78, 5) is 7.27. The lowest BCUT2D eigenvalue weighted by Gasteiger charge is -2.31. The summed E-state index contributed by atoms with van der Waals surface area (Å²) in [6.45, 7) is 4.03. The van der Waals surface area contributed by atoms with E-state index in [4.69, 9.17) is 4.98 Å². The fraction of sp³-hybridized carbons (Fsp3) is 0.526. The van der Waals surface area contributed by atoms with Crippen LogP contribution in [-0.4, -0.2) is 53.3 Å². The second-order valence-electron chi connectivity index (χ2n) is 6.96. The Labute approximate surface area is 137 Å². The molecule has 2 fully saturated rings. The normalized spacial score (nSPS) is 26.8. The number of aliphatic hydroxyl groups is 1. The van der Waals surface area contributed by atoms with Gasteiger partial charge in [-0.2, -0.15) is 0 Å². The highest BCUT2D eigenvalue weighted by Gasteiger charge is 2.35. The highest BCUT2D eigenvalue weighted by Crippen LogP contribution is 2.26. The topological polar surface area (TPSA) is 48.4 Å². The van der Waals surface area contributed by atoms with E-state index in [0.717, 1.165) is 43.8 Å². The molecule has 2 N–H and O–H groups in total. The number of para-hydroxylation sites is 1. The molecule has 23 heavy (non-hydrogen) atoms. The van der Waals surface area contributed by atoms with Gasteiger partial charge in [0.1, 0.15) is 0 Å². The van der Waals surface area contributed by atoms with Gasteiger partial charge in [0.2, 0.25) is 0 Å². The summed E-state index contributed by atoms with van der Waals surface area (Å²) in [6, 6.07) is 13.1. The molecular weight excluding hydrogens is 286 g/mol. The van der Waals surface area contributed by atoms with E-state index in [9.17, 15) is 5.11 Å². The van der Waals surface area contributed by atoms with E-state index in [1.54, 1.807) is 0 Å². The van der Waals surface area contributed by atoms with Crippen molar-refractivity contribution >= 4 is 10.9 Å². The molecule has 4 rings (SSSR count). The maximum Gasteiger partial charge on any atom is 0.0711 e. The van der Waals surface area contributed by atoms with Crippen molar-refractivity contribution in [3.8, 4) is 0 Å². The molecule has 1 aromatic heterocycles. The quantitative estimate of drug-likeness (QED) is 0.908. The van der Waals surface area contributed by atoms with Crippen LogP contribution in [0.3, 0.4) is 0 Å². The molecule has 122 valence electrons. The van der Waals surface area contributed by atoms with Crippen LogP contribution in [-0.2, 0) is 6.42 Å². The van der Waals surface area contributed by atoms with Gasteiger partial charge in [0.25, 0.3) is 0 Å². The van der Waals surface area contributed by atoms with Crippen molar-refractivity contribution in [2.75, 3.05) is 26.2 Å². The fourth-order valence-corrected chi connectivity index (χ4v) is 4.05. The van der Waals surface area contributed by atoms with Gasteiger partial charge in [-0.3, -0.25) is 9.88 Å². The van der Waals surface area contributed by atoms with E-state index in [2.05, 4.69) is 34.5 Å². The molecule has 0 unspecified atom stereocenters. The Hall–Kier alpha value is -1.49. The summed E-state index contributed by atoms with van der Waals surface area (Å²) < 4.78 is 0. The fourth-order valence-electron chi connectivity index (χ4n) is 4.05. The number of β-amino-alcohol motifs (C(OH)–C–C–N with tert-alkyl or cyclic N) is 1. The Morgan fingerprint density at radius 3 is 2.78 bits per heavy atom. The number of benzene rings is 1. The van der Waals surface area contributed by atoms with Crippen LogP contribution in [0, 0.1) is 5.92 Å². The van der Waals surface area contributed by atoms with Gasteiger partial charge in [0.15, 0.2) is 0 Å². The lowest BCUT2D eigenvalue weighted by atomic mass is 9.99. The number of pyridine rings is 1. The monoisotopic (exact) mass is 311 g/mol. The van der Waals surface area contributed by atoms with Crippen molar-refractivity contribution in [3.05, 3.63) is 42.1 Å². The van der Waals surface area contributed by atoms with E-state index < -0.39 is 0 Å². The minimum atomic E-state index is -0.224. The average Bonchev–Trinajstić information content (AvgIpc) is 2.96. The highest BCUT2D eigenvalue weighted by atomic mass is 16.3. The summed E-state index contributed by atoms with van der Waals surface area (Å²) in [5.41, 5.74) is 2.15. The summed E-state index contributed by atoms with van der Waals surface area (Å²) >= 11 is 0. The summed E-state index contributed by atoms with van der Waals surface area (Å²) in [5, 5.41) is 15.1. The van der Waals surface area contributed by atoms with Gasteiger partial charge >= 0.3 is 0 Å². The Morgan fingerprint density at radius 2 is 1.91 bits per heavy atom. The van der Waals surface area contributed by atoms with E-state index in [0.29, 0.717) is 12.0 Å². The van der Waals surface area contributed by atoms with Crippen molar-refractivity contribution in [3.63, 3.8) is 0 Å². The van der Waals surface area contributed by atoms with E-state index in [1.807, 2.05) is 12.1 Å². The molecule has 4 heteroatoms. The Morgan fingerprint density at radius 1 is 1.09 bits per heavy atom. The SMILES string of the molecule is O[C@@H]1CN(C2CCNCC2)C[C@H]1Cc1ccc2ccccc2n1. The van der Waals surface area contributed by atoms with Crippen LogP contribution in [0.1, 0.15) is 18.5 Å². The van der Waals surface area contributed by atoms with Crippen LogP contribution in [0.15, 0.2) is 36.4 Å². The van der Waals surface area contributed by atoms with Crippen LogP contribution in [0.2, 0.25) is 0 Å². The molecule has 2 aliphatic heterocycles. The molecule has 3 heterocycles. The lowest BCUT2D eigenvalue weighted by Crippen LogP contribution is -2.42. The molecule has 2 aliphatic rings. The summed E-state index contributed by atoms with van der Waals surface area (Å²) in [5.74, 6) is 0.304. The molecule has 2 aromatic rings. The third-order valence-electron chi connectivity index (χ3n) is 5.39. The molecule has 2 saturated heterocycles. The zero-order valence-electron chi connectivity index (χ0n) is 13.5. The van der Waals surface area contributed by atoms with Crippen LogP contribution in [0.25, 0.3) is 10.9 Å². The van der Waals surface area contributed by atoms with Crippen molar-refractivity contribution in [2.24, 2.45) is 5.92 Å². The molecular formula is C19H25N3O. The Balaban J connectivity index is 1.45. The first-order valence-corrected chi connectivity index (χ1v) is 8.77. The minimum absolute atomic E-state index is 0.224. The van der Waals surface area contributed by atoms with Gasteiger partial charge in [0.05, 0.1) is 11.6 Å². The lowest BCUT2D eigenvalue weighted by molar-refractivity contribution is 0.130. The van der Waals surface area contributed by atoms with Gasteiger partial charge in [-0.25, -0.2) is 0 Å². The second kappa shape index (κ2) is 6.56. The molecule has 1 aromatic carbocycles. The molecule has 0 radical (unpaired) electrons. The number of hydrogen-bond donors (Lipinski definition) is 2. The van der Waals surface area contributed by atoms with Crippen molar-refractivity contribution in [1.82, 2.24) is 15.2 Å². The number of aromatic nitrogens is 1. The number of aliphatic hydroxyl groups excluding tert-OH is 1. The Bertz CT molecular complexity index is 668. The molecule has 2 atom stereocenters. The van der Waals surface area contributed by atoms with Gasteiger partial charge in [-0.15, -0.1) is 0 Å². The predicted molar refractivity (Wildman–Crippen MR) is 92.4 cm³/mol. The van der Waals surface area contributed by atoms with Gasteiger partial charge < -0.3 is 10.4 Å². The number of piperidine rings is 1. The zero-order valence-corrected chi connectivity index (χ0v) is 13.5. The summed E-state index contributed by atoms with van der Waals surface area (Å²) in [7, 11) is 0.